The van der Waals surface area contributed by atoms with Crippen LogP contribution in [0.2, 0.25) is 0 Å². The second-order valence-corrected chi connectivity index (χ2v) is 6.79. The average Bonchev–Trinajstić information content (AvgIpc) is 2.35. The highest BCUT2D eigenvalue weighted by Gasteiger charge is 2.48. The van der Waals surface area contributed by atoms with Crippen LogP contribution in [0.3, 0.4) is 0 Å². The van der Waals surface area contributed by atoms with Gasteiger partial charge in [-0.25, -0.2) is 12.8 Å². The van der Waals surface area contributed by atoms with E-state index in [1.54, 1.807) is 0 Å². The molecule has 1 unspecified atom stereocenters. The van der Waals surface area contributed by atoms with Crippen molar-refractivity contribution in [2.75, 3.05) is 11.9 Å². The maximum absolute atomic E-state index is 13.1. The third kappa shape index (κ3) is 4.07. The minimum absolute atomic E-state index is 0.0422. The highest BCUT2D eigenvalue weighted by molar-refractivity contribution is 7.92. The number of alkyl halides is 3. The third-order valence-electron chi connectivity index (χ3n) is 2.92. The van der Waals surface area contributed by atoms with Gasteiger partial charge < -0.3 is 11.1 Å². The minimum Gasteiger partial charge on any atom is -0.382 e. The fourth-order valence-electron chi connectivity index (χ4n) is 1.45. The first-order valence-corrected chi connectivity index (χ1v) is 7.55. The molecule has 0 radical (unpaired) electrons. The van der Waals surface area contributed by atoms with Gasteiger partial charge in [0.05, 0.1) is 5.69 Å². The van der Waals surface area contributed by atoms with Crippen LogP contribution in [0.1, 0.15) is 13.8 Å². The first kappa shape index (κ1) is 17.7. The molecule has 0 aliphatic heterocycles. The van der Waals surface area contributed by atoms with Crippen molar-refractivity contribution in [3.63, 3.8) is 0 Å². The van der Waals surface area contributed by atoms with E-state index in [1.165, 1.54) is 0 Å². The Morgan fingerprint density at radius 2 is 1.86 bits per heavy atom. The number of nitrogens with two attached hydrogens (primary N) is 1. The van der Waals surface area contributed by atoms with E-state index >= 15 is 0 Å². The van der Waals surface area contributed by atoms with Gasteiger partial charge in [-0.15, -0.1) is 0 Å². The van der Waals surface area contributed by atoms with Crippen LogP contribution in [-0.4, -0.2) is 26.5 Å². The summed E-state index contributed by atoms with van der Waals surface area (Å²) in [5, 5.41) is 2.53. The molecular weight excluding hydrogens is 312 g/mol. The molecule has 0 saturated carbocycles. The molecule has 0 heterocycles. The topological polar surface area (TPSA) is 72.2 Å². The zero-order valence-corrected chi connectivity index (χ0v) is 12.2. The van der Waals surface area contributed by atoms with Gasteiger partial charge in [0, 0.05) is 12.6 Å². The second-order valence-electron chi connectivity index (χ2n) is 4.88. The van der Waals surface area contributed by atoms with E-state index in [0.29, 0.717) is 6.07 Å². The molecule has 0 aliphatic carbocycles. The van der Waals surface area contributed by atoms with E-state index in [2.05, 4.69) is 5.32 Å². The van der Waals surface area contributed by atoms with Crippen molar-refractivity contribution in [1.82, 2.24) is 0 Å². The number of benzene rings is 1. The van der Waals surface area contributed by atoms with Crippen molar-refractivity contribution >= 4 is 15.5 Å². The normalized spacial score (nSPS) is 14.3. The standard InChI is InChI=1S/C12H16F4N2O2S/c1-7(2)9(17)6-18-10-4-3-8(13)5-11(10)21(19,20)12(14,15)16/h3-5,7,9,18H,6,17H2,1-2H3. The number of hydrogen-bond donors (Lipinski definition) is 2. The number of anilines is 1. The van der Waals surface area contributed by atoms with Crippen LogP contribution < -0.4 is 11.1 Å². The van der Waals surface area contributed by atoms with Crippen molar-refractivity contribution in [2.24, 2.45) is 11.7 Å². The largest absolute Gasteiger partial charge is 0.501 e. The lowest BCUT2D eigenvalue weighted by molar-refractivity contribution is -0.0435. The molecule has 1 atom stereocenters. The molecule has 1 aromatic rings. The van der Waals surface area contributed by atoms with Gasteiger partial charge in [-0.05, 0) is 24.1 Å². The number of nitrogens with one attached hydrogen (secondary N) is 1. The van der Waals surface area contributed by atoms with E-state index in [-0.39, 0.29) is 18.2 Å². The maximum Gasteiger partial charge on any atom is 0.501 e. The first-order valence-electron chi connectivity index (χ1n) is 6.07. The zero-order valence-electron chi connectivity index (χ0n) is 11.4. The predicted octanol–water partition coefficient (Wildman–Crippen LogP) is 2.51. The molecule has 21 heavy (non-hydrogen) atoms. The zero-order chi connectivity index (χ0) is 16.4. The Balaban J connectivity index is 3.18. The summed E-state index contributed by atoms with van der Waals surface area (Å²) in [6, 6.07) is 1.77. The lowest BCUT2D eigenvalue weighted by Gasteiger charge is -2.19. The smallest absolute Gasteiger partial charge is 0.382 e. The molecule has 0 fully saturated rings. The highest BCUT2D eigenvalue weighted by atomic mass is 32.2. The Morgan fingerprint density at radius 3 is 2.33 bits per heavy atom. The Bertz CT molecular complexity index is 600. The number of hydrogen-bond acceptors (Lipinski definition) is 4. The molecule has 0 bridgehead atoms. The fourth-order valence-corrected chi connectivity index (χ4v) is 2.40. The Kier molecular flexibility index (Phi) is 5.21. The third-order valence-corrected chi connectivity index (χ3v) is 4.45. The summed E-state index contributed by atoms with van der Waals surface area (Å²) in [7, 11) is -5.64. The summed E-state index contributed by atoms with van der Waals surface area (Å²) in [4.78, 5) is -1.15. The van der Waals surface area contributed by atoms with E-state index in [4.69, 9.17) is 5.73 Å². The van der Waals surface area contributed by atoms with E-state index in [0.717, 1.165) is 12.1 Å². The monoisotopic (exact) mass is 328 g/mol. The molecule has 1 rings (SSSR count). The summed E-state index contributed by atoms with van der Waals surface area (Å²) in [6.07, 6.45) is 0. The Morgan fingerprint density at radius 1 is 1.29 bits per heavy atom. The summed E-state index contributed by atoms with van der Waals surface area (Å²) in [6.45, 7) is 3.68. The molecular formula is C12H16F4N2O2S. The van der Waals surface area contributed by atoms with Crippen LogP contribution in [0.5, 0.6) is 0 Å². The summed E-state index contributed by atoms with van der Waals surface area (Å²) in [5.41, 5.74) is -0.101. The fraction of sp³-hybridized carbons (Fsp3) is 0.500. The van der Waals surface area contributed by atoms with Crippen LogP contribution in [0.4, 0.5) is 23.2 Å². The molecule has 120 valence electrons. The van der Waals surface area contributed by atoms with Crippen molar-refractivity contribution in [3.8, 4) is 0 Å². The van der Waals surface area contributed by atoms with Crippen molar-refractivity contribution < 1.29 is 26.0 Å². The molecule has 0 amide bonds. The van der Waals surface area contributed by atoms with E-state index in [1.807, 2.05) is 13.8 Å². The molecule has 3 N–H and O–H groups in total. The number of halogens is 4. The second kappa shape index (κ2) is 6.18. The first-order chi connectivity index (χ1) is 9.46. The van der Waals surface area contributed by atoms with E-state index < -0.39 is 32.1 Å². The maximum atomic E-state index is 13.1. The lowest BCUT2D eigenvalue weighted by atomic mass is 10.1. The molecule has 0 saturated heterocycles. The van der Waals surface area contributed by atoms with Gasteiger partial charge in [0.2, 0.25) is 0 Å². The average molecular weight is 328 g/mol. The minimum atomic E-state index is -5.64. The number of rotatable bonds is 5. The van der Waals surface area contributed by atoms with Crippen molar-refractivity contribution in [2.45, 2.75) is 30.3 Å². The van der Waals surface area contributed by atoms with Gasteiger partial charge in [-0.3, -0.25) is 0 Å². The lowest BCUT2D eigenvalue weighted by Crippen LogP contribution is -2.34. The highest BCUT2D eigenvalue weighted by Crippen LogP contribution is 2.34. The van der Waals surface area contributed by atoms with Crippen LogP contribution in [0.15, 0.2) is 23.1 Å². The van der Waals surface area contributed by atoms with Crippen molar-refractivity contribution in [1.29, 1.82) is 0 Å². The van der Waals surface area contributed by atoms with Gasteiger partial charge in [-0.1, -0.05) is 13.8 Å². The van der Waals surface area contributed by atoms with E-state index in [9.17, 15) is 26.0 Å². The molecule has 1 aromatic carbocycles. The molecule has 4 nitrogen and oxygen atoms in total. The molecule has 0 aromatic heterocycles. The van der Waals surface area contributed by atoms with Crippen LogP contribution in [0.25, 0.3) is 0 Å². The Hall–Kier alpha value is -1.35. The summed E-state index contributed by atoms with van der Waals surface area (Å²) < 4.78 is 73.8. The summed E-state index contributed by atoms with van der Waals surface area (Å²) in [5.74, 6) is -1.03. The molecule has 0 spiro atoms. The van der Waals surface area contributed by atoms with Crippen LogP contribution in [0, 0.1) is 11.7 Å². The van der Waals surface area contributed by atoms with Gasteiger partial charge in [0.15, 0.2) is 0 Å². The Labute approximate surface area is 120 Å². The SMILES string of the molecule is CC(C)C(N)CNc1ccc(F)cc1S(=O)(=O)C(F)(F)F. The van der Waals surface area contributed by atoms with Gasteiger partial charge in [0.1, 0.15) is 10.7 Å². The summed E-state index contributed by atoms with van der Waals surface area (Å²) >= 11 is 0. The molecule has 9 heteroatoms. The quantitative estimate of drug-likeness (QED) is 0.815. The van der Waals surface area contributed by atoms with Crippen LogP contribution >= 0.6 is 0 Å². The van der Waals surface area contributed by atoms with Gasteiger partial charge in [-0.2, -0.15) is 13.2 Å². The van der Waals surface area contributed by atoms with Crippen LogP contribution in [-0.2, 0) is 9.84 Å². The van der Waals surface area contributed by atoms with Gasteiger partial charge in [0.25, 0.3) is 9.84 Å². The molecule has 0 aliphatic rings. The van der Waals surface area contributed by atoms with Crippen molar-refractivity contribution in [3.05, 3.63) is 24.0 Å². The number of sulfone groups is 1. The predicted molar refractivity (Wildman–Crippen MR) is 70.9 cm³/mol. The van der Waals surface area contributed by atoms with Gasteiger partial charge >= 0.3 is 5.51 Å².